The normalized spacial score (nSPS) is 10.8. The Labute approximate surface area is 133 Å². The van der Waals surface area contributed by atoms with Crippen LogP contribution in [0.4, 0.5) is 0 Å². The van der Waals surface area contributed by atoms with Gasteiger partial charge in [0.1, 0.15) is 5.75 Å². The van der Waals surface area contributed by atoms with E-state index in [4.69, 9.17) is 0 Å². The van der Waals surface area contributed by atoms with Gasteiger partial charge in [0.05, 0.1) is 11.9 Å². The van der Waals surface area contributed by atoms with Crippen molar-refractivity contribution < 1.29 is 9.90 Å². The molecule has 23 heavy (non-hydrogen) atoms. The molecule has 0 aliphatic rings. The highest BCUT2D eigenvalue weighted by atomic mass is 16.3. The molecule has 0 aliphatic heterocycles. The minimum atomic E-state index is -0.334. The lowest BCUT2D eigenvalue weighted by atomic mass is 10.2. The summed E-state index contributed by atoms with van der Waals surface area (Å²) in [5, 5.41) is 13.2. The van der Waals surface area contributed by atoms with Gasteiger partial charge in [0.15, 0.2) is 0 Å². The molecule has 2 N–H and O–H groups in total. The summed E-state index contributed by atoms with van der Waals surface area (Å²) in [6.07, 6.45) is 3.52. The van der Waals surface area contributed by atoms with Crippen LogP contribution in [0.15, 0.2) is 78.0 Å². The van der Waals surface area contributed by atoms with Gasteiger partial charge in [-0.2, -0.15) is 5.10 Å². The lowest BCUT2D eigenvalue weighted by Crippen LogP contribution is -2.17. The fraction of sp³-hybridized carbons (Fsp3) is 0. The number of amides is 1. The number of phenols is 1. The predicted molar refractivity (Wildman–Crippen MR) is 88.9 cm³/mol. The Kier molecular flexibility index (Phi) is 4.20. The van der Waals surface area contributed by atoms with Gasteiger partial charge in [-0.25, -0.2) is 5.43 Å². The van der Waals surface area contributed by atoms with Gasteiger partial charge >= 0.3 is 0 Å². The number of nitrogens with one attached hydrogen (secondary N) is 1. The molecule has 3 rings (SSSR count). The van der Waals surface area contributed by atoms with E-state index in [9.17, 15) is 9.90 Å². The molecule has 0 saturated carbocycles. The van der Waals surface area contributed by atoms with E-state index in [1.165, 1.54) is 24.3 Å². The highest BCUT2D eigenvalue weighted by Gasteiger charge is 2.04. The standard InChI is InChI=1S/C18H15N3O2/c22-17-10-8-14(9-11-17)18(23)20-19-13-16-7-4-12-21(16)15-5-2-1-3-6-15/h1-13,22H,(H,20,23)/b19-13-. The molecule has 0 saturated heterocycles. The number of hydrogen-bond acceptors (Lipinski definition) is 3. The molecule has 1 heterocycles. The van der Waals surface area contributed by atoms with Crippen LogP contribution in [0.1, 0.15) is 16.1 Å². The summed E-state index contributed by atoms with van der Waals surface area (Å²) in [6, 6.07) is 19.7. The van der Waals surface area contributed by atoms with Crippen LogP contribution in [0.3, 0.4) is 0 Å². The summed E-state index contributed by atoms with van der Waals surface area (Å²) in [4.78, 5) is 11.9. The molecule has 0 radical (unpaired) electrons. The monoisotopic (exact) mass is 305 g/mol. The number of hydrogen-bond donors (Lipinski definition) is 2. The second kappa shape index (κ2) is 6.62. The molecule has 0 fully saturated rings. The fourth-order valence-electron chi connectivity index (χ4n) is 2.16. The summed E-state index contributed by atoms with van der Waals surface area (Å²) in [7, 11) is 0. The quantitative estimate of drug-likeness (QED) is 0.575. The van der Waals surface area contributed by atoms with Crippen LogP contribution in [-0.4, -0.2) is 21.8 Å². The number of carbonyl (C=O) groups is 1. The highest BCUT2D eigenvalue weighted by molar-refractivity contribution is 5.94. The molecule has 1 amide bonds. The van der Waals surface area contributed by atoms with Gasteiger partial charge in [-0.3, -0.25) is 4.79 Å². The van der Waals surface area contributed by atoms with Crippen LogP contribution in [0.5, 0.6) is 5.75 Å². The number of rotatable bonds is 4. The molecule has 0 aliphatic carbocycles. The lowest BCUT2D eigenvalue weighted by Gasteiger charge is -2.05. The molecule has 0 atom stereocenters. The summed E-state index contributed by atoms with van der Waals surface area (Å²) >= 11 is 0. The third-order valence-corrected chi connectivity index (χ3v) is 3.31. The summed E-state index contributed by atoms with van der Waals surface area (Å²) in [6.45, 7) is 0. The van der Waals surface area contributed by atoms with Crippen LogP contribution >= 0.6 is 0 Å². The number of aromatic hydroxyl groups is 1. The number of para-hydroxylation sites is 1. The number of aromatic nitrogens is 1. The third-order valence-electron chi connectivity index (χ3n) is 3.31. The van der Waals surface area contributed by atoms with Crippen molar-refractivity contribution in [3.05, 3.63) is 84.2 Å². The van der Waals surface area contributed by atoms with E-state index in [0.717, 1.165) is 11.4 Å². The molecule has 3 aromatic rings. The summed E-state index contributed by atoms with van der Waals surface area (Å²) in [5.41, 5.74) is 4.77. The first-order valence-electron chi connectivity index (χ1n) is 7.09. The average molecular weight is 305 g/mol. The van der Waals surface area contributed by atoms with Crippen LogP contribution in [0.25, 0.3) is 5.69 Å². The van der Waals surface area contributed by atoms with Gasteiger partial charge in [-0.1, -0.05) is 18.2 Å². The van der Waals surface area contributed by atoms with Crippen LogP contribution < -0.4 is 5.43 Å². The SMILES string of the molecule is O=C(N/N=C\c1cccn1-c1ccccc1)c1ccc(O)cc1. The van der Waals surface area contributed by atoms with E-state index >= 15 is 0 Å². The minimum absolute atomic E-state index is 0.116. The van der Waals surface area contributed by atoms with E-state index in [-0.39, 0.29) is 11.7 Å². The van der Waals surface area contributed by atoms with Gasteiger partial charge in [0.25, 0.3) is 5.91 Å². The van der Waals surface area contributed by atoms with Gasteiger partial charge in [0, 0.05) is 17.4 Å². The number of carbonyl (C=O) groups excluding carboxylic acids is 1. The van der Waals surface area contributed by atoms with Crippen LogP contribution in [-0.2, 0) is 0 Å². The Morgan fingerprint density at radius 3 is 2.48 bits per heavy atom. The molecule has 0 spiro atoms. The van der Waals surface area contributed by atoms with Crippen LogP contribution in [0.2, 0.25) is 0 Å². The van der Waals surface area contributed by atoms with Crippen molar-refractivity contribution in [1.29, 1.82) is 0 Å². The molecule has 0 bridgehead atoms. The Balaban J connectivity index is 1.71. The third kappa shape index (κ3) is 3.47. The number of nitrogens with zero attached hydrogens (tertiary/aromatic N) is 2. The Morgan fingerprint density at radius 1 is 1.00 bits per heavy atom. The van der Waals surface area contributed by atoms with Gasteiger partial charge in [0.2, 0.25) is 0 Å². The number of phenolic OH excluding ortho intramolecular Hbond substituents is 1. The smallest absolute Gasteiger partial charge is 0.271 e. The summed E-state index contributed by atoms with van der Waals surface area (Å²) in [5.74, 6) is -0.218. The molecule has 5 nitrogen and oxygen atoms in total. The number of hydrazone groups is 1. The van der Waals surface area contributed by atoms with E-state index in [1.807, 2.05) is 53.2 Å². The highest BCUT2D eigenvalue weighted by Crippen LogP contribution is 2.11. The maximum absolute atomic E-state index is 11.9. The van der Waals surface area contributed by atoms with Crippen molar-refractivity contribution in [3.63, 3.8) is 0 Å². The Morgan fingerprint density at radius 2 is 1.74 bits per heavy atom. The van der Waals surface area contributed by atoms with Crippen molar-refractivity contribution in [2.45, 2.75) is 0 Å². The first kappa shape index (κ1) is 14.6. The molecular weight excluding hydrogens is 290 g/mol. The topological polar surface area (TPSA) is 66.6 Å². The van der Waals surface area contributed by atoms with Crippen LogP contribution in [0, 0.1) is 0 Å². The molecule has 114 valence electrons. The van der Waals surface area contributed by atoms with Crippen molar-refractivity contribution in [1.82, 2.24) is 9.99 Å². The summed E-state index contributed by atoms with van der Waals surface area (Å²) < 4.78 is 1.97. The Hall–Kier alpha value is -3.34. The average Bonchev–Trinajstić information content (AvgIpc) is 3.05. The van der Waals surface area contributed by atoms with E-state index < -0.39 is 0 Å². The second-order valence-corrected chi connectivity index (χ2v) is 4.88. The number of benzene rings is 2. The zero-order valence-electron chi connectivity index (χ0n) is 12.3. The largest absolute Gasteiger partial charge is 0.508 e. The molecule has 1 aromatic heterocycles. The first-order chi connectivity index (χ1) is 11.2. The lowest BCUT2D eigenvalue weighted by molar-refractivity contribution is 0.0955. The zero-order valence-corrected chi connectivity index (χ0v) is 12.3. The maximum Gasteiger partial charge on any atom is 0.271 e. The molecule has 5 heteroatoms. The predicted octanol–water partition coefficient (Wildman–Crippen LogP) is 2.95. The van der Waals surface area contributed by atoms with Crippen molar-refractivity contribution >= 4 is 12.1 Å². The first-order valence-corrected chi connectivity index (χ1v) is 7.09. The van der Waals surface area contributed by atoms with Crippen molar-refractivity contribution in [2.24, 2.45) is 5.10 Å². The van der Waals surface area contributed by atoms with Gasteiger partial charge in [-0.05, 0) is 48.5 Å². The fourth-order valence-corrected chi connectivity index (χ4v) is 2.16. The minimum Gasteiger partial charge on any atom is -0.508 e. The Bertz CT molecular complexity index is 821. The van der Waals surface area contributed by atoms with E-state index in [2.05, 4.69) is 10.5 Å². The van der Waals surface area contributed by atoms with Crippen molar-refractivity contribution in [2.75, 3.05) is 0 Å². The molecule has 0 unspecified atom stereocenters. The van der Waals surface area contributed by atoms with E-state index in [0.29, 0.717) is 5.56 Å². The van der Waals surface area contributed by atoms with Crippen molar-refractivity contribution in [3.8, 4) is 11.4 Å². The molecular formula is C18H15N3O2. The zero-order chi connectivity index (χ0) is 16.1. The van der Waals surface area contributed by atoms with E-state index in [1.54, 1.807) is 6.21 Å². The molecule has 2 aromatic carbocycles. The van der Waals surface area contributed by atoms with Gasteiger partial charge in [-0.15, -0.1) is 0 Å². The maximum atomic E-state index is 11.9. The van der Waals surface area contributed by atoms with Gasteiger partial charge < -0.3 is 9.67 Å². The second-order valence-electron chi connectivity index (χ2n) is 4.88.